The molecule has 13 heteroatoms. The minimum absolute atomic E-state index is 0.108. The van der Waals surface area contributed by atoms with Crippen molar-refractivity contribution < 1.29 is 62.3 Å². The van der Waals surface area contributed by atoms with Gasteiger partial charge in [-0.1, -0.05) is 19.7 Å². The first-order valence-electron chi connectivity index (χ1n) is 10.9. The summed E-state index contributed by atoms with van der Waals surface area (Å²) in [7, 11) is 0. The van der Waals surface area contributed by atoms with Crippen molar-refractivity contribution in [1.82, 2.24) is 0 Å². The topological polar surface area (TPSA) is 178 Å². The van der Waals surface area contributed by atoms with Crippen molar-refractivity contribution in [2.45, 2.75) is 39.2 Å². The maximum Gasteiger partial charge on any atom is 0.339 e. The first-order chi connectivity index (χ1) is 17.2. The van der Waals surface area contributed by atoms with E-state index in [1.165, 1.54) is 20.8 Å². The normalized spacial score (nSPS) is 10.4. The molecule has 206 valence electrons. The molecule has 0 rings (SSSR count). The van der Waals surface area contributed by atoms with Crippen molar-refractivity contribution in [3.05, 3.63) is 36.5 Å². The average molecular weight is 529 g/mol. The third kappa shape index (κ3) is 14.2. The zero-order valence-electron chi connectivity index (χ0n) is 21.1. The number of rotatable bonds is 17. The van der Waals surface area contributed by atoms with Crippen molar-refractivity contribution in [3.63, 3.8) is 0 Å². The zero-order valence-corrected chi connectivity index (χ0v) is 21.1. The van der Waals surface area contributed by atoms with E-state index >= 15 is 0 Å². The highest BCUT2D eigenvalue weighted by molar-refractivity contribution is 5.90. The van der Waals surface area contributed by atoms with Gasteiger partial charge in [-0.3, -0.25) is 9.59 Å². The molecule has 0 heterocycles. The van der Waals surface area contributed by atoms with Crippen LogP contribution in [0.4, 0.5) is 0 Å². The van der Waals surface area contributed by atoms with E-state index < -0.39 is 74.1 Å². The molecule has 0 spiro atoms. The van der Waals surface area contributed by atoms with E-state index in [-0.39, 0.29) is 36.5 Å². The summed E-state index contributed by atoms with van der Waals surface area (Å²) in [6.45, 7) is 12.1. The fourth-order valence-corrected chi connectivity index (χ4v) is 2.14. The highest BCUT2D eigenvalue weighted by Gasteiger charge is 2.43. The van der Waals surface area contributed by atoms with Crippen LogP contribution >= 0.6 is 0 Å². The summed E-state index contributed by atoms with van der Waals surface area (Å²) in [5, 5.41) is 10.8. The van der Waals surface area contributed by atoms with Gasteiger partial charge in [0.1, 0.15) is 39.6 Å². The second-order valence-corrected chi connectivity index (χ2v) is 7.71. The lowest BCUT2D eigenvalue weighted by molar-refractivity contribution is -0.179. The van der Waals surface area contributed by atoms with Crippen LogP contribution in [0.15, 0.2) is 36.5 Å². The molecular weight excluding hydrogens is 496 g/mol. The summed E-state index contributed by atoms with van der Waals surface area (Å²) in [6, 6.07) is 0. The van der Waals surface area contributed by atoms with Crippen LogP contribution in [0.25, 0.3) is 0 Å². The van der Waals surface area contributed by atoms with Crippen LogP contribution in [0, 0.1) is 0 Å². The average Bonchev–Trinajstić information content (AvgIpc) is 2.81. The van der Waals surface area contributed by atoms with Crippen LogP contribution in [0.5, 0.6) is 0 Å². The third-order valence-electron chi connectivity index (χ3n) is 4.01. The minimum atomic E-state index is -2.71. The van der Waals surface area contributed by atoms with E-state index in [9.17, 15) is 33.9 Å². The fourth-order valence-electron chi connectivity index (χ4n) is 2.14. The molecule has 0 fully saturated rings. The van der Waals surface area contributed by atoms with Gasteiger partial charge in [0.15, 0.2) is 5.60 Å². The summed E-state index contributed by atoms with van der Waals surface area (Å²) >= 11 is 0. The zero-order chi connectivity index (χ0) is 28.6. The highest BCUT2D eigenvalue weighted by Crippen LogP contribution is 2.20. The number of aliphatic hydroxyl groups is 1. The van der Waals surface area contributed by atoms with Crippen molar-refractivity contribution in [2.24, 2.45) is 0 Å². The van der Waals surface area contributed by atoms with Crippen molar-refractivity contribution in [2.75, 3.05) is 39.6 Å². The Labute approximate surface area is 214 Å². The van der Waals surface area contributed by atoms with E-state index in [2.05, 4.69) is 19.7 Å². The second-order valence-electron chi connectivity index (χ2n) is 7.71. The first-order valence-corrected chi connectivity index (χ1v) is 10.9. The minimum Gasteiger partial charge on any atom is -0.462 e. The molecule has 0 aliphatic rings. The molecule has 0 amide bonds. The van der Waals surface area contributed by atoms with Crippen LogP contribution in [-0.4, -0.2) is 86.2 Å². The van der Waals surface area contributed by atoms with Crippen LogP contribution in [0.1, 0.15) is 33.6 Å². The summed E-state index contributed by atoms with van der Waals surface area (Å²) in [4.78, 5) is 70.9. The Morgan fingerprint density at radius 3 is 1.11 bits per heavy atom. The van der Waals surface area contributed by atoms with E-state index in [0.717, 1.165) is 0 Å². The van der Waals surface area contributed by atoms with Gasteiger partial charge in [-0.05, 0) is 20.8 Å². The molecule has 0 radical (unpaired) electrons. The van der Waals surface area contributed by atoms with Gasteiger partial charge in [0.05, 0.1) is 12.8 Å². The third-order valence-corrected chi connectivity index (χ3v) is 4.01. The molecule has 0 unspecified atom stereocenters. The van der Waals surface area contributed by atoms with E-state index in [1.54, 1.807) is 0 Å². The lowest BCUT2D eigenvalue weighted by Crippen LogP contribution is -2.45. The molecule has 0 aliphatic heterocycles. The molecule has 0 aromatic rings. The largest absolute Gasteiger partial charge is 0.462 e. The molecule has 0 atom stereocenters. The molecule has 0 aromatic heterocycles. The Kier molecular flexibility index (Phi) is 14.8. The summed E-state index contributed by atoms with van der Waals surface area (Å²) in [5.41, 5.74) is -2.35. The molecule has 0 aromatic carbocycles. The monoisotopic (exact) mass is 528 g/mol. The van der Waals surface area contributed by atoms with Crippen LogP contribution < -0.4 is 0 Å². The quantitative estimate of drug-likeness (QED) is 0.119. The molecular formula is C24H32O13. The van der Waals surface area contributed by atoms with Crippen LogP contribution in [-0.2, 0) is 57.2 Å². The molecule has 0 saturated carbocycles. The van der Waals surface area contributed by atoms with Gasteiger partial charge in [0.2, 0.25) is 0 Å². The highest BCUT2D eigenvalue weighted by atomic mass is 16.6. The number of carbonyl (C=O) groups excluding carboxylic acids is 6. The van der Waals surface area contributed by atoms with Crippen molar-refractivity contribution in [1.29, 1.82) is 0 Å². The van der Waals surface area contributed by atoms with Gasteiger partial charge >= 0.3 is 35.8 Å². The van der Waals surface area contributed by atoms with E-state index in [0.29, 0.717) is 0 Å². The summed E-state index contributed by atoms with van der Waals surface area (Å²) in [6.07, 6.45) is -2.04. The Morgan fingerprint density at radius 2 is 0.811 bits per heavy atom. The van der Waals surface area contributed by atoms with E-state index in [4.69, 9.17) is 28.4 Å². The first kappa shape index (κ1) is 33.0. The smallest absolute Gasteiger partial charge is 0.339 e. The van der Waals surface area contributed by atoms with Crippen molar-refractivity contribution >= 4 is 35.8 Å². The Balaban J connectivity index is 5.03. The maximum absolute atomic E-state index is 12.5. The molecule has 0 aliphatic carbocycles. The summed E-state index contributed by atoms with van der Waals surface area (Å²) in [5.74, 6) is -5.79. The number of ether oxygens (including phenoxy) is 6. The fraction of sp³-hybridized carbons (Fsp3) is 0.500. The van der Waals surface area contributed by atoms with E-state index in [1.807, 2.05) is 0 Å². The van der Waals surface area contributed by atoms with Crippen LogP contribution in [0.3, 0.4) is 0 Å². The van der Waals surface area contributed by atoms with Gasteiger partial charge in [-0.2, -0.15) is 0 Å². The molecule has 0 bridgehead atoms. The van der Waals surface area contributed by atoms with Gasteiger partial charge < -0.3 is 33.5 Å². The Morgan fingerprint density at radius 1 is 0.541 bits per heavy atom. The second kappa shape index (κ2) is 16.6. The Bertz CT molecular complexity index is 868. The standard InChI is InChI=1S/C24H32O13/c1-15(2)20(27)34-9-7-32-18(25)13-24(31,23(30)37-12-11-36-22(29)17(5)6)14-19(26)33-8-10-35-21(28)16(3)4/h31H,1,3,5,7-14H2,2,4,6H3. The molecule has 1 N–H and O–H groups in total. The predicted octanol–water partition coefficient (Wildman–Crippen LogP) is 0.485. The number of carbonyl (C=O) groups is 6. The lowest BCUT2D eigenvalue weighted by atomic mass is 9.95. The van der Waals surface area contributed by atoms with Crippen LogP contribution in [0.2, 0.25) is 0 Å². The number of hydrogen-bond donors (Lipinski definition) is 1. The van der Waals surface area contributed by atoms with Gasteiger partial charge in [-0.25, -0.2) is 19.2 Å². The molecule has 13 nitrogen and oxygen atoms in total. The maximum atomic E-state index is 12.5. The number of esters is 6. The number of hydrogen-bond acceptors (Lipinski definition) is 13. The SMILES string of the molecule is C=C(C)C(=O)OCCOC(=O)CC(O)(CC(=O)OCCOC(=O)C(=C)C)C(=O)OCCOC(=O)C(=C)C. The Hall–Kier alpha value is -4.00. The molecule has 0 saturated heterocycles. The van der Waals surface area contributed by atoms with Gasteiger partial charge in [0.25, 0.3) is 0 Å². The van der Waals surface area contributed by atoms with Gasteiger partial charge in [0, 0.05) is 16.7 Å². The van der Waals surface area contributed by atoms with Gasteiger partial charge in [-0.15, -0.1) is 0 Å². The van der Waals surface area contributed by atoms with Crippen molar-refractivity contribution in [3.8, 4) is 0 Å². The predicted molar refractivity (Wildman–Crippen MR) is 124 cm³/mol. The molecule has 37 heavy (non-hydrogen) atoms. The lowest BCUT2D eigenvalue weighted by Gasteiger charge is -2.24. The summed E-state index contributed by atoms with van der Waals surface area (Å²) < 4.78 is 28.7.